The average molecular weight is 141 g/mol. The molecule has 2 nitrogen and oxygen atoms in total. The third-order valence-electron chi connectivity index (χ3n) is 3.28. The summed E-state index contributed by atoms with van der Waals surface area (Å²) in [6, 6.07) is 0. The third-order valence-corrected chi connectivity index (χ3v) is 3.28. The summed E-state index contributed by atoms with van der Waals surface area (Å²) in [4.78, 5) is 0. The van der Waals surface area contributed by atoms with Crippen molar-refractivity contribution in [2.45, 2.75) is 25.9 Å². The van der Waals surface area contributed by atoms with Crippen LogP contribution in [0.5, 0.6) is 0 Å². The van der Waals surface area contributed by atoms with Gasteiger partial charge in [0.25, 0.3) is 0 Å². The van der Waals surface area contributed by atoms with Gasteiger partial charge in [-0.25, -0.2) is 0 Å². The van der Waals surface area contributed by atoms with Crippen molar-refractivity contribution in [2.24, 2.45) is 5.41 Å². The molecule has 0 amide bonds. The zero-order valence-corrected chi connectivity index (χ0v) is 6.74. The molecule has 2 rings (SSSR count). The second-order valence-corrected chi connectivity index (χ2v) is 4.01. The van der Waals surface area contributed by atoms with Gasteiger partial charge in [0.05, 0.1) is 12.2 Å². The zero-order valence-electron chi connectivity index (χ0n) is 6.74. The first-order chi connectivity index (χ1) is 4.66. The number of hydrogen-bond donors (Lipinski definition) is 1. The summed E-state index contributed by atoms with van der Waals surface area (Å²) in [5.74, 6) is 0. The van der Waals surface area contributed by atoms with Crippen molar-refractivity contribution >= 4 is 0 Å². The SMILES string of the molecule is CC12CNCCC1(C)OC2. The Bertz CT molecular complexity index is 141. The van der Waals surface area contributed by atoms with E-state index in [-0.39, 0.29) is 5.60 Å². The van der Waals surface area contributed by atoms with E-state index >= 15 is 0 Å². The predicted octanol–water partition coefficient (Wildman–Crippen LogP) is 0.775. The molecule has 0 aromatic rings. The van der Waals surface area contributed by atoms with E-state index in [4.69, 9.17) is 4.74 Å². The van der Waals surface area contributed by atoms with E-state index in [0.29, 0.717) is 5.41 Å². The lowest BCUT2D eigenvalue weighted by atomic mass is 9.66. The van der Waals surface area contributed by atoms with Crippen LogP contribution in [0.25, 0.3) is 0 Å². The van der Waals surface area contributed by atoms with Gasteiger partial charge in [0.2, 0.25) is 0 Å². The lowest BCUT2D eigenvalue weighted by molar-refractivity contribution is -0.260. The number of nitrogens with one attached hydrogen (secondary N) is 1. The molecule has 0 saturated carbocycles. The second kappa shape index (κ2) is 1.74. The highest BCUT2D eigenvalue weighted by molar-refractivity contribution is 5.05. The zero-order chi connectivity index (χ0) is 7.24. The number of rotatable bonds is 0. The van der Waals surface area contributed by atoms with E-state index in [9.17, 15) is 0 Å². The maximum absolute atomic E-state index is 5.59. The van der Waals surface area contributed by atoms with E-state index in [1.54, 1.807) is 0 Å². The van der Waals surface area contributed by atoms with Gasteiger partial charge in [-0.1, -0.05) is 6.92 Å². The van der Waals surface area contributed by atoms with Crippen LogP contribution in [-0.4, -0.2) is 25.3 Å². The van der Waals surface area contributed by atoms with Crippen LogP contribution in [0, 0.1) is 5.41 Å². The summed E-state index contributed by atoms with van der Waals surface area (Å²) in [6.45, 7) is 7.73. The van der Waals surface area contributed by atoms with Crippen LogP contribution in [0.15, 0.2) is 0 Å². The first-order valence-electron chi connectivity index (χ1n) is 4.01. The largest absolute Gasteiger partial charge is 0.374 e. The Balaban J connectivity index is 2.17. The lowest BCUT2D eigenvalue weighted by Crippen LogP contribution is -2.67. The summed E-state index contributed by atoms with van der Waals surface area (Å²) in [7, 11) is 0. The molecule has 0 radical (unpaired) electrons. The predicted molar refractivity (Wildman–Crippen MR) is 40.0 cm³/mol. The molecule has 2 heteroatoms. The van der Waals surface area contributed by atoms with Crippen LogP contribution >= 0.6 is 0 Å². The maximum Gasteiger partial charge on any atom is 0.0754 e. The minimum Gasteiger partial charge on any atom is -0.374 e. The minimum atomic E-state index is 0.193. The Morgan fingerprint density at radius 2 is 2.20 bits per heavy atom. The molecule has 0 aromatic heterocycles. The minimum absolute atomic E-state index is 0.193. The molecule has 2 aliphatic rings. The average Bonchev–Trinajstić information content (AvgIpc) is 1.92. The van der Waals surface area contributed by atoms with Crippen LogP contribution in [0.2, 0.25) is 0 Å². The molecule has 2 heterocycles. The Hall–Kier alpha value is -0.0800. The quantitative estimate of drug-likeness (QED) is 0.538. The van der Waals surface area contributed by atoms with Gasteiger partial charge in [0, 0.05) is 12.0 Å². The summed E-state index contributed by atoms with van der Waals surface area (Å²) < 4.78 is 5.59. The van der Waals surface area contributed by atoms with Crippen LogP contribution in [0.3, 0.4) is 0 Å². The van der Waals surface area contributed by atoms with Gasteiger partial charge in [-0.3, -0.25) is 0 Å². The lowest BCUT2D eigenvalue weighted by Gasteiger charge is -2.58. The number of ether oxygens (including phenoxy) is 1. The van der Waals surface area contributed by atoms with Crippen LogP contribution < -0.4 is 5.32 Å². The third kappa shape index (κ3) is 0.611. The molecule has 0 aliphatic carbocycles. The number of fused-ring (bicyclic) bond motifs is 1. The van der Waals surface area contributed by atoms with Crippen molar-refractivity contribution in [1.29, 1.82) is 0 Å². The fourth-order valence-electron chi connectivity index (χ4n) is 1.87. The molecule has 2 aliphatic heterocycles. The van der Waals surface area contributed by atoms with Crippen molar-refractivity contribution in [3.05, 3.63) is 0 Å². The monoisotopic (exact) mass is 141 g/mol. The molecular weight excluding hydrogens is 126 g/mol. The molecule has 0 aromatic carbocycles. The molecule has 2 fully saturated rings. The fraction of sp³-hybridized carbons (Fsp3) is 1.00. The van der Waals surface area contributed by atoms with Crippen molar-refractivity contribution in [1.82, 2.24) is 5.32 Å². The normalized spacial score (nSPS) is 53.4. The van der Waals surface area contributed by atoms with E-state index in [0.717, 1.165) is 19.7 Å². The Labute approximate surface area is 61.9 Å². The number of hydrogen-bond acceptors (Lipinski definition) is 2. The highest BCUT2D eigenvalue weighted by atomic mass is 16.5. The van der Waals surface area contributed by atoms with Crippen molar-refractivity contribution in [3.8, 4) is 0 Å². The van der Waals surface area contributed by atoms with Gasteiger partial charge in [-0.2, -0.15) is 0 Å². The summed E-state index contributed by atoms with van der Waals surface area (Å²) in [5.41, 5.74) is 0.615. The molecule has 10 heavy (non-hydrogen) atoms. The summed E-state index contributed by atoms with van der Waals surface area (Å²) in [6.07, 6.45) is 1.17. The standard InChI is InChI=1S/C8H15NO/c1-7-5-9-4-3-8(7,2)10-6-7/h9H,3-6H2,1-2H3. The molecule has 58 valence electrons. The highest BCUT2D eigenvalue weighted by Crippen LogP contribution is 2.47. The van der Waals surface area contributed by atoms with E-state index in [1.165, 1.54) is 6.42 Å². The van der Waals surface area contributed by atoms with Gasteiger partial charge in [0.1, 0.15) is 0 Å². The molecule has 0 bridgehead atoms. The Morgan fingerprint density at radius 1 is 1.40 bits per heavy atom. The van der Waals surface area contributed by atoms with Crippen LogP contribution in [-0.2, 0) is 4.74 Å². The van der Waals surface area contributed by atoms with Crippen LogP contribution in [0.4, 0.5) is 0 Å². The molecule has 2 atom stereocenters. The first kappa shape index (κ1) is 6.62. The van der Waals surface area contributed by atoms with Crippen molar-refractivity contribution in [3.63, 3.8) is 0 Å². The molecule has 1 N–H and O–H groups in total. The van der Waals surface area contributed by atoms with Gasteiger partial charge in [-0.15, -0.1) is 0 Å². The smallest absolute Gasteiger partial charge is 0.0754 e. The fourth-order valence-corrected chi connectivity index (χ4v) is 1.87. The Kier molecular flexibility index (Phi) is 1.15. The topological polar surface area (TPSA) is 21.3 Å². The summed E-state index contributed by atoms with van der Waals surface area (Å²) in [5, 5.41) is 3.40. The van der Waals surface area contributed by atoms with Gasteiger partial charge in [0.15, 0.2) is 0 Å². The van der Waals surface area contributed by atoms with E-state index in [2.05, 4.69) is 19.2 Å². The molecule has 0 spiro atoms. The van der Waals surface area contributed by atoms with Crippen LogP contribution in [0.1, 0.15) is 20.3 Å². The Morgan fingerprint density at radius 3 is 2.50 bits per heavy atom. The summed E-state index contributed by atoms with van der Waals surface area (Å²) >= 11 is 0. The van der Waals surface area contributed by atoms with Crippen molar-refractivity contribution < 1.29 is 4.74 Å². The molecular formula is C8H15NO. The van der Waals surface area contributed by atoms with Gasteiger partial charge in [-0.05, 0) is 19.9 Å². The van der Waals surface area contributed by atoms with E-state index < -0.39 is 0 Å². The van der Waals surface area contributed by atoms with E-state index in [1.807, 2.05) is 0 Å². The molecule has 2 saturated heterocycles. The van der Waals surface area contributed by atoms with Gasteiger partial charge < -0.3 is 10.1 Å². The van der Waals surface area contributed by atoms with Gasteiger partial charge >= 0.3 is 0 Å². The number of piperidine rings is 1. The highest BCUT2D eigenvalue weighted by Gasteiger charge is 2.55. The van der Waals surface area contributed by atoms with Crippen molar-refractivity contribution in [2.75, 3.05) is 19.7 Å². The maximum atomic E-state index is 5.59. The molecule has 2 unspecified atom stereocenters. The second-order valence-electron chi connectivity index (χ2n) is 4.01. The first-order valence-corrected chi connectivity index (χ1v) is 4.01.